The van der Waals surface area contributed by atoms with Gasteiger partial charge in [-0.05, 0) is 24.6 Å². The molecule has 86 valence electrons. The minimum atomic E-state index is -1.16. The molecule has 1 aromatic carbocycles. The summed E-state index contributed by atoms with van der Waals surface area (Å²) in [5, 5.41) is 19.0. The van der Waals surface area contributed by atoms with Gasteiger partial charge in [-0.1, -0.05) is 18.7 Å². The Morgan fingerprint density at radius 3 is 2.81 bits per heavy atom. The van der Waals surface area contributed by atoms with E-state index in [0.717, 1.165) is 0 Å². The van der Waals surface area contributed by atoms with Crippen LogP contribution < -0.4 is 0 Å². The average Bonchev–Trinajstić information content (AvgIpc) is 2.27. The van der Waals surface area contributed by atoms with E-state index in [4.69, 9.17) is 4.74 Å². The molecule has 1 rings (SSSR count). The summed E-state index contributed by atoms with van der Waals surface area (Å²) < 4.78 is 4.72. The molecule has 0 aliphatic heterocycles. The van der Waals surface area contributed by atoms with Gasteiger partial charge in [-0.25, -0.2) is 4.79 Å². The Balaban J connectivity index is 2.82. The lowest BCUT2D eigenvalue weighted by Crippen LogP contribution is -2.13. The van der Waals surface area contributed by atoms with Crippen LogP contribution in [0.3, 0.4) is 0 Å². The lowest BCUT2D eigenvalue weighted by atomic mass is 10.0. The predicted molar refractivity (Wildman–Crippen MR) is 58.8 cm³/mol. The zero-order chi connectivity index (χ0) is 12.1. The first-order chi connectivity index (χ1) is 7.56. The fourth-order valence-corrected chi connectivity index (χ4v) is 1.23. The molecule has 4 heteroatoms. The van der Waals surface area contributed by atoms with Gasteiger partial charge in [0.15, 0.2) is 0 Å². The summed E-state index contributed by atoms with van der Waals surface area (Å²) in [5.74, 6) is -0.619. The second-order valence-electron chi connectivity index (χ2n) is 3.24. The molecule has 0 amide bonds. The Morgan fingerprint density at radius 1 is 1.56 bits per heavy atom. The van der Waals surface area contributed by atoms with Crippen molar-refractivity contribution in [1.29, 1.82) is 0 Å². The van der Waals surface area contributed by atoms with Crippen LogP contribution >= 0.6 is 0 Å². The summed E-state index contributed by atoms with van der Waals surface area (Å²) in [6.45, 7) is 5.37. The minimum absolute atomic E-state index is 0.0215. The first-order valence-electron chi connectivity index (χ1n) is 4.89. The number of esters is 1. The molecule has 1 atom stereocenters. The molecule has 4 nitrogen and oxygen atoms in total. The van der Waals surface area contributed by atoms with Gasteiger partial charge in [0, 0.05) is 0 Å². The van der Waals surface area contributed by atoms with Crippen molar-refractivity contribution >= 4 is 5.97 Å². The van der Waals surface area contributed by atoms with Crippen LogP contribution in [0.25, 0.3) is 0 Å². The molecule has 0 bridgehead atoms. The smallest absolute Gasteiger partial charge is 0.336 e. The van der Waals surface area contributed by atoms with Crippen LogP contribution in [-0.4, -0.2) is 22.8 Å². The number of carbonyl (C=O) groups excluding carboxylic acids is 1. The number of rotatable bonds is 4. The molecule has 0 saturated heterocycles. The predicted octanol–water partition coefficient (Wildman–Crippen LogP) is 1.54. The number of benzene rings is 1. The summed E-state index contributed by atoms with van der Waals surface area (Å²) in [5.41, 5.74) is 0.352. The number of ether oxygens (including phenoxy) is 1. The monoisotopic (exact) mass is 222 g/mol. The van der Waals surface area contributed by atoms with Crippen LogP contribution in [0.1, 0.15) is 18.6 Å². The van der Waals surface area contributed by atoms with Crippen molar-refractivity contribution in [1.82, 2.24) is 0 Å². The van der Waals surface area contributed by atoms with Gasteiger partial charge in [0.05, 0.1) is 12.2 Å². The number of carbonyl (C=O) groups is 1. The van der Waals surface area contributed by atoms with E-state index in [0.29, 0.717) is 5.56 Å². The lowest BCUT2D eigenvalue weighted by molar-refractivity contribution is -0.139. The Labute approximate surface area is 93.8 Å². The first kappa shape index (κ1) is 12.3. The van der Waals surface area contributed by atoms with E-state index in [9.17, 15) is 15.0 Å². The number of hydrogen-bond donors (Lipinski definition) is 2. The molecule has 0 spiro atoms. The summed E-state index contributed by atoms with van der Waals surface area (Å²) in [4.78, 5) is 11.3. The minimum Gasteiger partial charge on any atom is -0.508 e. The highest BCUT2D eigenvalue weighted by Crippen LogP contribution is 2.23. The van der Waals surface area contributed by atoms with E-state index in [1.54, 1.807) is 19.1 Å². The van der Waals surface area contributed by atoms with E-state index in [1.165, 1.54) is 12.1 Å². The molecule has 1 aromatic rings. The normalized spacial score (nSPS) is 11.9. The van der Waals surface area contributed by atoms with Crippen LogP contribution in [0.4, 0.5) is 0 Å². The molecule has 0 unspecified atom stereocenters. The van der Waals surface area contributed by atoms with E-state index >= 15 is 0 Å². The van der Waals surface area contributed by atoms with Gasteiger partial charge in [-0.15, -0.1) is 0 Å². The van der Waals surface area contributed by atoms with Gasteiger partial charge in [0.2, 0.25) is 0 Å². The summed E-state index contributed by atoms with van der Waals surface area (Å²) >= 11 is 0. The third-order valence-electron chi connectivity index (χ3n) is 2.05. The van der Waals surface area contributed by atoms with E-state index < -0.39 is 12.1 Å². The molecule has 0 radical (unpaired) electrons. The zero-order valence-electron chi connectivity index (χ0n) is 9.01. The van der Waals surface area contributed by atoms with E-state index in [1.807, 2.05) is 0 Å². The van der Waals surface area contributed by atoms with Gasteiger partial charge >= 0.3 is 5.97 Å². The first-order valence-corrected chi connectivity index (χ1v) is 4.89. The maximum atomic E-state index is 11.3. The van der Waals surface area contributed by atoms with Crippen LogP contribution in [0.15, 0.2) is 36.4 Å². The maximum Gasteiger partial charge on any atom is 0.336 e. The number of phenolic OH excluding ortho intramolecular Hbond substituents is 1. The molecule has 16 heavy (non-hydrogen) atoms. The third kappa shape index (κ3) is 2.84. The molecular formula is C12H14O4. The van der Waals surface area contributed by atoms with Gasteiger partial charge in [0.25, 0.3) is 0 Å². The molecule has 0 aliphatic rings. The lowest BCUT2D eigenvalue weighted by Gasteiger charge is -2.13. The highest BCUT2D eigenvalue weighted by Gasteiger charge is 2.19. The quantitative estimate of drug-likeness (QED) is 0.599. The second-order valence-corrected chi connectivity index (χ2v) is 3.24. The summed E-state index contributed by atoms with van der Waals surface area (Å²) in [6.07, 6.45) is -1.16. The Bertz CT molecular complexity index is 398. The van der Waals surface area contributed by atoms with Gasteiger partial charge in [-0.2, -0.15) is 0 Å². The molecular weight excluding hydrogens is 208 g/mol. The van der Waals surface area contributed by atoms with Crippen molar-refractivity contribution in [2.75, 3.05) is 6.61 Å². The molecule has 0 aromatic heterocycles. The third-order valence-corrected chi connectivity index (χ3v) is 2.05. The fourth-order valence-electron chi connectivity index (χ4n) is 1.23. The van der Waals surface area contributed by atoms with Crippen LogP contribution in [0, 0.1) is 0 Å². The maximum absolute atomic E-state index is 11.3. The Hall–Kier alpha value is -1.81. The van der Waals surface area contributed by atoms with Crippen molar-refractivity contribution in [3.8, 4) is 5.75 Å². The SMILES string of the molecule is C=C(C(=O)OCC)[C@@H](O)c1cccc(O)c1. The summed E-state index contributed by atoms with van der Waals surface area (Å²) in [7, 11) is 0. The second kappa shape index (κ2) is 5.32. The standard InChI is InChI=1S/C12H14O4/c1-3-16-12(15)8(2)11(14)9-5-4-6-10(13)7-9/h4-7,11,13-14H,2-3H2,1H3/t11-/m1/s1. The highest BCUT2D eigenvalue weighted by molar-refractivity contribution is 5.89. The van der Waals surface area contributed by atoms with Gasteiger partial charge < -0.3 is 14.9 Å². The number of aromatic hydroxyl groups is 1. The van der Waals surface area contributed by atoms with Gasteiger partial charge in [-0.3, -0.25) is 0 Å². The average molecular weight is 222 g/mol. The number of hydrogen-bond acceptors (Lipinski definition) is 4. The molecule has 2 N–H and O–H groups in total. The number of aliphatic hydroxyl groups is 1. The molecule has 0 aliphatic carbocycles. The zero-order valence-corrected chi connectivity index (χ0v) is 9.01. The largest absolute Gasteiger partial charge is 0.508 e. The molecule has 0 fully saturated rings. The van der Waals surface area contributed by atoms with Gasteiger partial charge in [0.1, 0.15) is 11.9 Å². The molecule has 0 heterocycles. The Morgan fingerprint density at radius 2 is 2.25 bits per heavy atom. The fraction of sp³-hybridized carbons (Fsp3) is 0.250. The van der Waals surface area contributed by atoms with Crippen molar-refractivity contribution in [2.45, 2.75) is 13.0 Å². The van der Waals surface area contributed by atoms with Crippen molar-refractivity contribution in [2.24, 2.45) is 0 Å². The molecule has 0 saturated carbocycles. The van der Waals surface area contributed by atoms with Crippen LogP contribution in [-0.2, 0) is 9.53 Å². The Kier molecular flexibility index (Phi) is 4.08. The number of phenols is 1. The van der Waals surface area contributed by atoms with Crippen molar-refractivity contribution in [3.63, 3.8) is 0 Å². The van der Waals surface area contributed by atoms with Crippen LogP contribution in [0.5, 0.6) is 5.75 Å². The van der Waals surface area contributed by atoms with Crippen LogP contribution in [0.2, 0.25) is 0 Å². The van der Waals surface area contributed by atoms with Crippen molar-refractivity contribution in [3.05, 3.63) is 42.0 Å². The highest BCUT2D eigenvalue weighted by atomic mass is 16.5. The topological polar surface area (TPSA) is 66.8 Å². The van der Waals surface area contributed by atoms with E-state index in [-0.39, 0.29) is 17.9 Å². The van der Waals surface area contributed by atoms with E-state index in [2.05, 4.69) is 6.58 Å². The van der Waals surface area contributed by atoms with Crippen molar-refractivity contribution < 1.29 is 19.7 Å². The summed E-state index contributed by atoms with van der Waals surface area (Å²) in [6, 6.07) is 6.01. The number of aliphatic hydroxyl groups excluding tert-OH is 1.